The molecule has 0 spiro atoms. The van der Waals surface area contributed by atoms with Gasteiger partial charge >= 0.3 is 0 Å². The van der Waals surface area contributed by atoms with E-state index in [-0.39, 0.29) is 11.1 Å². The van der Waals surface area contributed by atoms with Gasteiger partial charge in [0, 0.05) is 32.1 Å². The van der Waals surface area contributed by atoms with Gasteiger partial charge in [-0.05, 0) is 43.4 Å². The number of aromatic nitrogens is 4. The number of hydrogen-bond donors (Lipinski definition) is 0. The van der Waals surface area contributed by atoms with Crippen LogP contribution in [0, 0.1) is 5.92 Å². The van der Waals surface area contributed by atoms with Gasteiger partial charge in [-0.3, -0.25) is 14.2 Å². The lowest BCUT2D eigenvalue weighted by molar-refractivity contribution is 0.325. The largest absolute Gasteiger partial charge is 0.341 e. The molecule has 7 nitrogen and oxygen atoms in total. The monoisotopic (exact) mass is 377 g/mol. The van der Waals surface area contributed by atoms with Crippen LogP contribution >= 0.6 is 0 Å². The van der Waals surface area contributed by atoms with Gasteiger partial charge < -0.3 is 4.90 Å². The summed E-state index contributed by atoms with van der Waals surface area (Å²) in [5, 5.41) is 5.25. The van der Waals surface area contributed by atoms with Crippen molar-refractivity contribution in [3.05, 3.63) is 62.3 Å². The second kappa shape index (κ2) is 6.58. The molecular formula is C21H23N5O2. The maximum absolute atomic E-state index is 12.6. The molecular weight excluding hydrogens is 354 g/mol. The van der Waals surface area contributed by atoms with E-state index in [1.165, 1.54) is 0 Å². The minimum absolute atomic E-state index is 0.00432. The van der Waals surface area contributed by atoms with Gasteiger partial charge in [-0.15, -0.1) is 0 Å². The molecule has 1 aliphatic heterocycles. The van der Waals surface area contributed by atoms with Gasteiger partial charge in [0.15, 0.2) is 0 Å². The van der Waals surface area contributed by atoms with E-state index in [9.17, 15) is 9.59 Å². The van der Waals surface area contributed by atoms with Crippen molar-refractivity contribution >= 4 is 16.9 Å². The summed E-state index contributed by atoms with van der Waals surface area (Å²) in [6.07, 6.45) is 4.23. The summed E-state index contributed by atoms with van der Waals surface area (Å²) in [6.45, 7) is 2.15. The number of benzene rings is 1. The summed E-state index contributed by atoms with van der Waals surface area (Å²) in [5.74, 6) is 1.01. The van der Waals surface area contributed by atoms with Crippen molar-refractivity contribution in [1.29, 1.82) is 0 Å². The number of hydrogen-bond acceptors (Lipinski definition) is 5. The number of anilines is 1. The number of aryl methyl sites for hydroxylation is 2. The van der Waals surface area contributed by atoms with Gasteiger partial charge in [0.1, 0.15) is 0 Å². The quantitative estimate of drug-likeness (QED) is 0.692. The van der Waals surface area contributed by atoms with Crippen LogP contribution in [-0.4, -0.2) is 32.4 Å². The fourth-order valence-electron chi connectivity index (χ4n) is 4.31. The van der Waals surface area contributed by atoms with Crippen LogP contribution < -0.4 is 16.0 Å². The van der Waals surface area contributed by atoms with Gasteiger partial charge in [-0.2, -0.15) is 5.10 Å². The Morgan fingerprint density at radius 2 is 1.89 bits per heavy atom. The highest BCUT2D eigenvalue weighted by atomic mass is 16.1. The van der Waals surface area contributed by atoms with E-state index in [0.717, 1.165) is 55.5 Å². The summed E-state index contributed by atoms with van der Waals surface area (Å²) in [5.41, 5.74) is 2.89. The highest BCUT2D eigenvalue weighted by Gasteiger charge is 2.31. The number of rotatable bonds is 3. The molecule has 1 aliphatic carbocycles. The Morgan fingerprint density at radius 3 is 2.75 bits per heavy atom. The van der Waals surface area contributed by atoms with Gasteiger partial charge in [0.25, 0.3) is 11.1 Å². The standard InChI is InChI=1S/C21H23N5O2/c1-24-20(28)16-7-3-5-9-18(16)22-21(24)25-11-14(12-25)13-26-19(27)10-15-6-2-4-8-17(15)23-26/h3,5,7,9-10,14H,2,4,6,8,11-13H2,1H3. The first kappa shape index (κ1) is 17.2. The van der Waals surface area contributed by atoms with Gasteiger partial charge in [0.2, 0.25) is 5.95 Å². The molecule has 1 saturated heterocycles. The van der Waals surface area contributed by atoms with Crippen LogP contribution in [0.2, 0.25) is 0 Å². The number of fused-ring (bicyclic) bond motifs is 2. The van der Waals surface area contributed by atoms with E-state index in [0.29, 0.717) is 23.8 Å². The number of para-hydroxylation sites is 1. The molecule has 0 amide bonds. The average molecular weight is 377 g/mol. The highest BCUT2D eigenvalue weighted by molar-refractivity contribution is 5.78. The van der Waals surface area contributed by atoms with E-state index in [4.69, 9.17) is 0 Å². The van der Waals surface area contributed by atoms with Crippen LogP contribution in [0.3, 0.4) is 0 Å². The molecule has 28 heavy (non-hydrogen) atoms. The minimum Gasteiger partial charge on any atom is -0.341 e. The van der Waals surface area contributed by atoms with E-state index in [2.05, 4.69) is 15.0 Å². The Balaban J connectivity index is 1.35. The molecule has 0 saturated carbocycles. The van der Waals surface area contributed by atoms with E-state index in [1.54, 1.807) is 22.4 Å². The molecule has 7 heteroatoms. The lowest BCUT2D eigenvalue weighted by atomic mass is 9.97. The first-order chi connectivity index (χ1) is 13.6. The Bertz CT molecular complexity index is 1170. The molecule has 2 aromatic heterocycles. The van der Waals surface area contributed by atoms with Gasteiger partial charge in [-0.25, -0.2) is 9.67 Å². The van der Waals surface area contributed by atoms with E-state index in [1.807, 2.05) is 24.3 Å². The zero-order valence-electron chi connectivity index (χ0n) is 16.0. The minimum atomic E-state index is -0.0309. The summed E-state index contributed by atoms with van der Waals surface area (Å²) in [6, 6.07) is 9.20. The average Bonchev–Trinajstić information content (AvgIpc) is 2.68. The predicted octanol–water partition coefficient (Wildman–Crippen LogP) is 1.51. The molecule has 0 N–H and O–H groups in total. The van der Waals surface area contributed by atoms with Crippen LogP contribution in [-0.2, 0) is 26.4 Å². The van der Waals surface area contributed by atoms with Crippen molar-refractivity contribution in [2.75, 3.05) is 18.0 Å². The smallest absolute Gasteiger partial charge is 0.267 e. The zero-order valence-corrected chi connectivity index (χ0v) is 16.0. The molecule has 0 bridgehead atoms. The Labute approximate surface area is 162 Å². The van der Waals surface area contributed by atoms with Crippen molar-refractivity contribution < 1.29 is 0 Å². The third-order valence-corrected chi connectivity index (χ3v) is 5.90. The normalized spacial score (nSPS) is 16.8. The van der Waals surface area contributed by atoms with Crippen LogP contribution in [0.15, 0.2) is 39.9 Å². The SMILES string of the molecule is Cn1c(N2CC(Cn3nc4c(cc3=O)CCCC4)C2)nc2ccccc2c1=O. The molecule has 1 aromatic carbocycles. The second-order valence-electron chi connectivity index (χ2n) is 7.91. The summed E-state index contributed by atoms with van der Waals surface area (Å²) in [4.78, 5) is 31.8. The third-order valence-electron chi connectivity index (χ3n) is 5.90. The van der Waals surface area contributed by atoms with Crippen molar-refractivity contribution in [2.45, 2.75) is 32.2 Å². The summed E-state index contributed by atoms with van der Waals surface area (Å²) < 4.78 is 3.24. The second-order valence-corrected chi connectivity index (χ2v) is 7.91. The van der Waals surface area contributed by atoms with Crippen molar-refractivity contribution in [2.24, 2.45) is 13.0 Å². The molecule has 0 unspecified atom stereocenters. The van der Waals surface area contributed by atoms with E-state index < -0.39 is 0 Å². The highest BCUT2D eigenvalue weighted by Crippen LogP contribution is 2.24. The van der Waals surface area contributed by atoms with Crippen LogP contribution in [0.4, 0.5) is 5.95 Å². The van der Waals surface area contributed by atoms with Crippen LogP contribution in [0.1, 0.15) is 24.1 Å². The zero-order chi connectivity index (χ0) is 19.3. The Hall–Kier alpha value is -2.96. The first-order valence-electron chi connectivity index (χ1n) is 9.91. The predicted molar refractivity (Wildman–Crippen MR) is 108 cm³/mol. The third kappa shape index (κ3) is 2.82. The maximum Gasteiger partial charge on any atom is 0.267 e. The first-order valence-corrected chi connectivity index (χ1v) is 9.91. The fourth-order valence-corrected chi connectivity index (χ4v) is 4.31. The maximum atomic E-state index is 12.6. The number of nitrogens with zero attached hydrogens (tertiary/aromatic N) is 5. The molecule has 3 heterocycles. The molecule has 3 aromatic rings. The van der Waals surface area contributed by atoms with Gasteiger partial charge in [-0.1, -0.05) is 12.1 Å². The topological polar surface area (TPSA) is 73.0 Å². The van der Waals surface area contributed by atoms with Crippen molar-refractivity contribution in [3.8, 4) is 0 Å². The molecule has 0 atom stereocenters. The lowest BCUT2D eigenvalue weighted by Gasteiger charge is -2.40. The molecule has 2 aliphatic rings. The molecule has 0 radical (unpaired) electrons. The van der Waals surface area contributed by atoms with Crippen LogP contribution in [0.25, 0.3) is 10.9 Å². The summed E-state index contributed by atoms with van der Waals surface area (Å²) >= 11 is 0. The fraction of sp³-hybridized carbons (Fsp3) is 0.429. The molecule has 5 rings (SSSR count). The van der Waals surface area contributed by atoms with Gasteiger partial charge in [0.05, 0.1) is 23.1 Å². The Morgan fingerprint density at radius 1 is 1.11 bits per heavy atom. The molecule has 1 fully saturated rings. The van der Waals surface area contributed by atoms with Crippen LogP contribution in [0.5, 0.6) is 0 Å². The van der Waals surface area contributed by atoms with Crippen molar-refractivity contribution in [3.63, 3.8) is 0 Å². The van der Waals surface area contributed by atoms with Crippen molar-refractivity contribution in [1.82, 2.24) is 19.3 Å². The summed E-state index contributed by atoms with van der Waals surface area (Å²) in [7, 11) is 1.76. The Kier molecular flexibility index (Phi) is 4.03. The van der Waals surface area contributed by atoms with E-state index >= 15 is 0 Å². The molecule has 144 valence electrons. The lowest BCUT2D eigenvalue weighted by Crippen LogP contribution is -2.51.